The lowest BCUT2D eigenvalue weighted by Gasteiger charge is -2.27. The molecule has 0 saturated carbocycles. The van der Waals surface area contributed by atoms with Crippen molar-refractivity contribution in [2.24, 2.45) is 11.3 Å². The van der Waals surface area contributed by atoms with Crippen molar-refractivity contribution in [1.29, 1.82) is 0 Å². The molecule has 0 heterocycles. The van der Waals surface area contributed by atoms with Gasteiger partial charge in [0.1, 0.15) is 0 Å². The summed E-state index contributed by atoms with van der Waals surface area (Å²) in [6, 6.07) is 7.07. The van der Waals surface area contributed by atoms with Gasteiger partial charge in [0.15, 0.2) is 9.84 Å². The molecule has 1 aromatic rings. The first-order valence-corrected chi connectivity index (χ1v) is 8.88. The highest BCUT2D eigenvalue weighted by Gasteiger charge is 2.19. The molecule has 1 atom stereocenters. The molecule has 0 radical (unpaired) electrons. The van der Waals surface area contributed by atoms with Crippen LogP contribution in [0.15, 0.2) is 29.2 Å². The quantitative estimate of drug-likeness (QED) is 0.864. The van der Waals surface area contributed by atoms with Crippen molar-refractivity contribution in [3.63, 3.8) is 0 Å². The second-order valence-corrected chi connectivity index (χ2v) is 8.60. The summed E-state index contributed by atoms with van der Waals surface area (Å²) in [5.74, 6) is 0.742. The molecule has 3 nitrogen and oxygen atoms in total. The molecule has 1 rings (SSSR count). The van der Waals surface area contributed by atoms with Crippen LogP contribution in [0.5, 0.6) is 0 Å². The van der Waals surface area contributed by atoms with Crippen LogP contribution < -0.4 is 5.32 Å². The largest absolute Gasteiger partial charge is 0.385 e. The first kappa shape index (κ1) is 17.0. The minimum Gasteiger partial charge on any atom is -0.385 e. The number of rotatable bonds is 6. The predicted octanol–water partition coefficient (Wildman–Crippen LogP) is 3.96. The van der Waals surface area contributed by atoms with Gasteiger partial charge < -0.3 is 5.32 Å². The fourth-order valence-electron chi connectivity index (χ4n) is 1.74. The van der Waals surface area contributed by atoms with E-state index in [-0.39, 0.29) is 11.2 Å². The van der Waals surface area contributed by atoms with E-state index in [9.17, 15) is 8.42 Å². The molecular formula is C16H27NO2S. The third kappa shape index (κ3) is 4.82. The van der Waals surface area contributed by atoms with Gasteiger partial charge in [-0.1, -0.05) is 34.6 Å². The van der Waals surface area contributed by atoms with Gasteiger partial charge >= 0.3 is 0 Å². The van der Waals surface area contributed by atoms with E-state index in [4.69, 9.17) is 0 Å². The van der Waals surface area contributed by atoms with Crippen LogP contribution >= 0.6 is 0 Å². The van der Waals surface area contributed by atoms with Gasteiger partial charge in [-0.15, -0.1) is 0 Å². The van der Waals surface area contributed by atoms with Gasteiger partial charge in [0.05, 0.1) is 10.6 Å². The van der Waals surface area contributed by atoms with Crippen LogP contribution in [-0.2, 0) is 9.84 Å². The van der Waals surface area contributed by atoms with E-state index in [1.807, 2.05) is 19.1 Å². The summed E-state index contributed by atoms with van der Waals surface area (Å²) >= 11 is 0. The average Bonchev–Trinajstić information content (AvgIpc) is 2.35. The van der Waals surface area contributed by atoms with Crippen LogP contribution in [0.25, 0.3) is 0 Å². The second kappa shape index (κ2) is 6.61. The molecule has 0 aliphatic heterocycles. The molecule has 1 N–H and O–H groups in total. The fraction of sp³-hybridized carbons (Fsp3) is 0.625. The van der Waals surface area contributed by atoms with Gasteiger partial charge in [0.25, 0.3) is 0 Å². The van der Waals surface area contributed by atoms with Crippen molar-refractivity contribution in [2.75, 3.05) is 17.6 Å². The molecule has 0 spiro atoms. The van der Waals surface area contributed by atoms with Crippen LogP contribution in [0.4, 0.5) is 5.69 Å². The summed E-state index contributed by atoms with van der Waals surface area (Å²) in [5.41, 5.74) is 1.23. The summed E-state index contributed by atoms with van der Waals surface area (Å²) in [6.45, 7) is 11.6. The average molecular weight is 297 g/mol. The Bertz CT molecular complexity index is 512. The molecule has 0 aliphatic carbocycles. The van der Waals surface area contributed by atoms with Gasteiger partial charge in [-0.2, -0.15) is 0 Å². The highest BCUT2D eigenvalue weighted by atomic mass is 32.2. The molecule has 4 heteroatoms. The molecule has 0 saturated heterocycles. The first-order valence-electron chi connectivity index (χ1n) is 7.23. The predicted molar refractivity (Wildman–Crippen MR) is 85.9 cm³/mol. The molecule has 20 heavy (non-hydrogen) atoms. The Morgan fingerprint density at radius 1 is 1.15 bits per heavy atom. The Hall–Kier alpha value is -1.03. The van der Waals surface area contributed by atoms with Crippen LogP contribution in [0.1, 0.15) is 41.0 Å². The Morgan fingerprint density at radius 2 is 1.70 bits per heavy atom. The molecular weight excluding hydrogens is 270 g/mol. The van der Waals surface area contributed by atoms with Gasteiger partial charge in [0.2, 0.25) is 0 Å². The van der Waals surface area contributed by atoms with E-state index in [0.29, 0.717) is 17.2 Å². The van der Waals surface area contributed by atoms with E-state index in [0.717, 1.165) is 12.2 Å². The van der Waals surface area contributed by atoms with Gasteiger partial charge in [-0.25, -0.2) is 8.42 Å². The zero-order valence-corrected chi connectivity index (χ0v) is 14.0. The van der Waals surface area contributed by atoms with Crippen molar-refractivity contribution >= 4 is 15.5 Å². The molecule has 0 aliphatic rings. The Balaban J connectivity index is 2.69. The van der Waals surface area contributed by atoms with Gasteiger partial charge in [0, 0.05) is 12.2 Å². The second-order valence-electron chi connectivity index (χ2n) is 6.49. The van der Waals surface area contributed by atoms with Crippen molar-refractivity contribution < 1.29 is 8.42 Å². The van der Waals surface area contributed by atoms with Crippen molar-refractivity contribution in [1.82, 2.24) is 0 Å². The Morgan fingerprint density at radius 3 is 2.15 bits per heavy atom. The molecule has 1 aromatic carbocycles. The van der Waals surface area contributed by atoms with E-state index in [1.54, 1.807) is 12.1 Å². The monoisotopic (exact) mass is 297 g/mol. The molecule has 1 unspecified atom stereocenters. The highest BCUT2D eigenvalue weighted by molar-refractivity contribution is 7.91. The summed E-state index contributed by atoms with van der Waals surface area (Å²) < 4.78 is 23.8. The zero-order chi connectivity index (χ0) is 15.4. The standard InChI is InChI=1S/C16H27NO2S/c1-6-11-20(18,19)15-9-7-14(8-10-15)17-12-13(2)16(3,4)5/h7-10,13,17H,6,11-12H2,1-5H3. The summed E-state index contributed by atoms with van der Waals surface area (Å²) in [7, 11) is -3.11. The maximum atomic E-state index is 11.9. The van der Waals surface area contributed by atoms with Crippen LogP contribution in [0.2, 0.25) is 0 Å². The number of sulfone groups is 1. The summed E-state index contributed by atoms with van der Waals surface area (Å²) in [4.78, 5) is 0.411. The molecule has 0 bridgehead atoms. The van der Waals surface area contributed by atoms with Crippen molar-refractivity contribution in [3.8, 4) is 0 Å². The lowest BCUT2D eigenvalue weighted by molar-refractivity contribution is 0.274. The van der Waals surface area contributed by atoms with E-state index in [1.165, 1.54) is 0 Å². The normalized spacial score (nSPS) is 14.1. The lowest BCUT2D eigenvalue weighted by Crippen LogP contribution is -2.24. The summed E-state index contributed by atoms with van der Waals surface area (Å²) in [6.07, 6.45) is 0.644. The SMILES string of the molecule is CCCS(=O)(=O)c1ccc(NCC(C)C(C)(C)C)cc1. The van der Waals surface area contributed by atoms with Crippen LogP contribution in [0.3, 0.4) is 0 Å². The fourth-order valence-corrected chi connectivity index (χ4v) is 3.07. The third-order valence-corrected chi connectivity index (χ3v) is 5.71. The van der Waals surface area contributed by atoms with Gasteiger partial charge in [-0.3, -0.25) is 0 Å². The van der Waals surface area contributed by atoms with E-state index < -0.39 is 9.84 Å². The first-order chi connectivity index (χ1) is 9.16. The van der Waals surface area contributed by atoms with Crippen LogP contribution in [0, 0.1) is 11.3 Å². The van der Waals surface area contributed by atoms with E-state index in [2.05, 4.69) is 33.0 Å². The number of benzene rings is 1. The highest BCUT2D eigenvalue weighted by Crippen LogP contribution is 2.25. The molecule has 0 aromatic heterocycles. The third-order valence-electron chi connectivity index (χ3n) is 3.78. The van der Waals surface area contributed by atoms with Crippen molar-refractivity contribution in [3.05, 3.63) is 24.3 Å². The number of hydrogen-bond acceptors (Lipinski definition) is 3. The summed E-state index contributed by atoms with van der Waals surface area (Å²) in [5, 5.41) is 3.37. The number of hydrogen-bond donors (Lipinski definition) is 1. The topological polar surface area (TPSA) is 46.2 Å². The van der Waals surface area contributed by atoms with Crippen molar-refractivity contribution in [2.45, 2.75) is 45.9 Å². The number of anilines is 1. The lowest BCUT2D eigenvalue weighted by atomic mass is 9.82. The Kier molecular flexibility index (Phi) is 5.63. The van der Waals surface area contributed by atoms with E-state index >= 15 is 0 Å². The Labute approximate surface area is 123 Å². The molecule has 114 valence electrons. The smallest absolute Gasteiger partial charge is 0.178 e. The minimum absolute atomic E-state index is 0.209. The number of nitrogens with one attached hydrogen (secondary N) is 1. The molecule has 0 amide bonds. The maximum absolute atomic E-state index is 11.9. The van der Waals surface area contributed by atoms with Gasteiger partial charge in [-0.05, 0) is 42.0 Å². The van der Waals surface area contributed by atoms with Crippen LogP contribution in [-0.4, -0.2) is 20.7 Å². The molecule has 0 fully saturated rings. The minimum atomic E-state index is -3.11. The maximum Gasteiger partial charge on any atom is 0.178 e. The zero-order valence-electron chi connectivity index (χ0n) is 13.2.